The van der Waals surface area contributed by atoms with E-state index < -0.39 is 24.4 Å². The number of hydrogen-bond acceptors (Lipinski definition) is 6. The standard InChI is InChI=1S/C27H31BClN3O4/c1-16-11-17(9-10-21(16)25(34)32-23(15-33)18-7-6-8-20(29)12-18)22-13-19(14-31-24(22)30)28-35-26(2,3)27(4,5)36-28/h6-14,23,33H,15H2,1-5H3,(H2,30,31)(H,32,34)/t23-/m1/s1. The van der Waals surface area contributed by atoms with Crippen LogP contribution < -0.4 is 16.5 Å². The summed E-state index contributed by atoms with van der Waals surface area (Å²) >= 11 is 6.07. The second-order valence-electron chi connectivity index (χ2n) is 10.1. The van der Waals surface area contributed by atoms with Gasteiger partial charge < -0.3 is 25.5 Å². The van der Waals surface area contributed by atoms with Gasteiger partial charge in [0.05, 0.1) is 23.9 Å². The van der Waals surface area contributed by atoms with Crippen LogP contribution in [0, 0.1) is 6.92 Å². The molecule has 4 rings (SSSR count). The van der Waals surface area contributed by atoms with Gasteiger partial charge in [0, 0.05) is 27.8 Å². The summed E-state index contributed by atoms with van der Waals surface area (Å²) in [5, 5.41) is 13.3. The van der Waals surface area contributed by atoms with Crippen molar-refractivity contribution in [2.24, 2.45) is 0 Å². The Morgan fingerprint density at radius 3 is 2.44 bits per heavy atom. The molecule has 188 valence electrons. The fourth-order valence-electron chi connectivity index (χ4n) is 4.11. The highest BCUT2D eigenvalue weighted by atomic mass is 35.5. The van der Waals surface area contributed by atoms with Crippen molar-refractivity contribution in [3.63, 3.8) is 0 Å². The van der Waals surface area contributed by atoms with Crippen molar-refractivity contribution in [3.8, 4) is 11.1 Å². The van der Waals surface area contributed by atoms with Crippen LogP contribution in [0.15, 0.2) is 54.7 Å². The Hall–Kier alpha value is -2.91. The quantitative estimate of drug-likeness (QED) is 0.435. The van der Waals surface area contributed by atoms with E-state index in [0.717, 1.165) is 27.7 Å². The van der Waals surface area contributed by atoms with E-state index in [1.165, 1.54) is 0 Å². The Morgan fingerprint density at radius 1 is 1.14 bits per heavy atom. The first-order valence-electron chi connectivity index (χ1n) is 11.8. The fourth-order valence-corrected chi connectivity index (χ4v) is 4.31. The van der Waals surface area contributed by atoms with Crippen LogP contribution in [0.25, 0.3) is 11.1 Å². The molecule has 0 radical (unpaired) electrons. The highest BCUT2D eigenvalue weighted by Crippen LogP contribution is 2.37. The number of carbonyl (C=O) groups is 1. The summed E-state index contributed by atoms with van der Waals surface area (Å²) in [6, 6.07) is 13.9. The van der Waals surface area contributed by atoms with Crippen molar-refractivity contribution in [3.05, 3.63) is 76.4 Å². The molecule has 0 unspecified atom stereocenters. The number of halogens is 1. The monoisotopic (exact) mass is 507 g/mol. The van der Waals surface area contributed by atoms with Gasteiger partial charge in [-0.3, -0.25) is 4.79 Å². The highest BCUT2D eigenvalue weighted by molar-refractivity contribution is 6.62. The summed E-state index contributed by atoms with van der Waals surface area (Å²) in [6.07, 6.45) is 1.67. The summed E-state index contributed by atoms with van der Waals surface area (Å²) in [5.41, 5.74) is 9.58. The Morgan fingerprint density at radius 2 is 1.83 bits per heavy atom. The molecule has 1 atom stereocenters. The van der Waals surface area contributed by atoms with Crippen LogP contribution in [0.4, 0.5) is 5.82 Å². The number of aromatic nitrogens is 1. The number of benzene rings is 2. The van der Waals surface area contributed by atoms with Crippen LogP contribution >= 0.6 is 11.6 Å². The number of anilines is 1. The number of hydrogen-bond donors (Lipinski definition) is 3. The maximum atomic E-state index is 13.0. The highest BCUT2D eigenvalue weighted by Gasteiger charge is 2.51. The summed E-state index contributed by atoms with van der Waals surface area (Å²) in [5.74, 6) is 0.0725. The topological polar surface area (TPSA) is 107 Å². The predicted octanol–water partition coefficient (Wildman–Crippen LogP) is 4.06. The smallest absolute Gasteiger partial charge is 0.399 e. The van der Waals surface area contributed by atoms with Crippen LogP contribution in [0.1, 0.15) is 55.2 Å². The lowest BCUT2D eigenvalue weighted by Crippen LogP contribution is -2.41. The molecule has 2 heterocycles. The van der Waals surface area contributed by atoms with Crippen molar-refractivity contribution < 1.29 is 19.2 Å². The van der Waals surface area contributed by atoms with Gasteiger partial charge in [0.25, 0.3) is 5.91 Å². The molecule has 7 nitrogen and oxygen atoms in total. The number of carbonyl (C=O) groups excluding carboxylic acids is 1. The van der Waals surface area contributed by atoms with Crippen molar-refractivity contribution in [2.75, 3.05) is 12.3 Å². The molecule has 0 bridgehead atoms. The molecule has 0 spiro atoms. The summed E-state index contributed by atoms with van der Waals surface area (Å²) < 4.78 is 12.3. The first kappa shape index (κ1) is 26.2. The molecule has 1 aliphatic heterocycles. The molecule has 1 fully saturated rings. The van der Waals surface area contributed by atoms with Gasteiger partial charge in [0.1, 0.15) is 5.82 Å². The molecule has 2 aromatic carbocycles. The second kappa shape index (κ2) is 9.86. The van der Waals surface area contributed by atoms with Gasteiger partial charge in [0.2, 0.25) is 0 Å². The van der Waals surface area contributed by atoms with Gasteiger partial charge in [-0.05, 0) is 75.6 Å². The number of nitrogens with zero attached hydrogens (tertiary/aromatic N) is 1. The summed E-state index contributed by atoms with van der Waals surface area (Å²) in [7, 11) is -0.560. The van der Waals surface area contributed by atoms with Gasteiger partial charge in [-0.2, -0.15) is 0 Å². The van der Waals surface area contributed by atoms with Crippen molar-refractivity contribution in [1.29, 1.82) is 0 Å². The molecule has 1 aliphatic rings. The minimum absolute atomic E-state index is 0.253. The van der Waals surface area contributed by atoms with Crippen LogP contribution in [-0.2, 0) is 9.31 Å². The lowest BCUT2D eigenvalue weighted by atomic mass is 9.79. The molecule has 0 saturated carbocycles. The average molecular weight is 508 g/mol. The molecule has 4 N–H and O–H groups in total. The molecular formula is C27H31BClN3O4. The molecule has 1 amide bonds. The third-order valence-corrected chi connectivity index (χ3v) is 7.22. The normalized spacial score (nSPS) is 17.1. The fraction of sp³-hybridized carbons (Fsp3) is 0.333. The Bertz CT molecular complexity index is 1280. The lowest BCUT2D eigenvalue weighted by Gasteiger charge is -2.32. The van der Waals surface area contributed by atoms with E-state index in [9.17, 15) is 9.90 Å². The van der Waals surface area contributed by atoms with Gasteiger partial charge in [-0.1, -0.05) is 35.9 Å². The first-order chi connectivity index (χ1) is 16.9. The Kier molecular flexibility index (Phi) is 7.17. The second-order valence-corrected chi connectivity index (χ2v) is 10.5. The van der Waals surface area contributed by atoms with E-state index in [1.54, 1.807) is 30.5 Å². The van der Waals surface area contributed by atoms with Crippen molar-refractivity contribution in [2.45, 2.75) is 51.9 Å². The number of aryl methyl sites for hydroxylation is 1. The summed E-state index contributed by atoms with van der Waals surface area (Å²) in [4.78, 5) is 17.4. The van der Waals surface area contributed by atoms with Crippen LogP contribution in [0.5, 0.6) is 0 Å². The van der Waals surface area contributed by atoms with E-state index >= 15 is 0 Å². The zero-order valence-electron chi connectivity index (χ0n) is 21.1. The van der Waals surface area contributed by atoms with E-state index in [-0.39, 0.29) is 12.5 Å². The van der Waals surface area contributed by atoms with Gasteiger partial charge in [-0.15, -0.1) is 0 Å². The molecule has 3 aromatic rings. The molecule has 0 aliphatic carbocycles. The van der Waals surface area contributed by atoms with Crippen LogP contribution in [0.3, 0.4) is 0 Å². The predicted molar refractivity (Wildman–Crippen MR) is 143 cm³/mol. The van der Waals surface area contributed by atoms with Crippen LogP contribution in [0.2, 0.25) is 5.02 Å². The zero-order chi connectivity index (χ0) is 26.3. The van der Waals surface area contributed by atoms with Gasteiger partial charge in [0.15, 0.2) is 0 Å². The Balaban J connectivity index is 1.58. The number of nitrogen functional groups attached to an aromatic ring is 1. The number of aliphatic hydroxyl groups excluding tert-OH is 1. The number of nitrogens with one attached hydrogen (secondary N) is 1. The summed E-state index contributed by atoms with van der Waals surface area (Å²) in [6.45, 7) is 9.60. The van der Waals surface area contributed by atoms with Gasteiger partial charge >= 0.3 is 7.12 Å². The molecule has 1 saturated heterocycles. The molecular weight excluding hydrogens is 477 g/mol. The van der Waals surface area contributed by atoms with Crippen molar-refractivity contribution >= 4 is 35.9 Å². The van der Waals surface area contributed by atoms with Crippen molar-refractivity contribution in [1.82, 2.24) is 10.3 Å². The molecule has 1 aromatic heterocycles. The maximum absolute atomic E-state index is 13.0. The zero-order valence-corrected chi connectivity index (χ0v) is 21.9. The van der Waals surface area contributed by atoms with E-state index in [1.807, 2.05) is 58.9 Å². The molecule has 9 heteroatoms. The molecule has 36 heavy (non-hydrogen) atoms. The number of pyridine rings is 1. The number of amides is 1. The maximum Gasteiger partial charge on any atom is 0.496 e. The lowest BCUT2D eigenvalue weighted by molar-refractivity contribution is 0.00578. The number of rotatable bonds is 6. The van der Waals surface area contributed by atoms with E-state index in [2.05, 4.69) is 10.3 Å². The van der Waals surface area contributed by atoms with E-state index in [4.69, 9.17) is 26.6 Å². The number of aliphatic hydroxyl groups is 1. The van der Waals surface area contributed by atoms with E-state index in [0.29, 0.717) is 16.4 Å². The third kappa shape index (κ3) is 5.13. The Labute approximate surface area is 217 Å². The SMILES string of the molecule is Cc1cc(-c2cc(B3OC(C)(C)C(C)(C)O3)cnc2N)ccc1C(=O)N[C@H](CO)c1cccc(Cl)c1. The van der Waals surface area contributed by atoms with Gasteiger partial charge in [-0.25, -0.2) is 4.98 Å². The minimum atomic E-state index is -0.577. The number of nitrogens with two attached hydrogens (primary N) is 1. The van der Waals surface area contributed by atoms with Crippen LogP contribution in [-0.4, -0.2) is 40.9 Å². The average Bonchev–Trinajstić information content (AvgIpc) is 3.04. The third-order valence-electron chi connectivity index (χ3n) is 6.99. The first-order valence-corrected chi connectivity index (χ1v) is 12.2. The minimum Gasteiger partial charge on any atom is -0.399 e. The largest absolute Gasteiger partial charge is 0.496 e.